The third kappa shape index (κ3) is 7.22. The number of rotatable bonds is 8. The van der Waals surface area contributed by atoms with E-state index in [1.807, 2.05) is 0 Å². The summed E-state index contributed by atoms with van der Waals surface area (Å²) in [6, 6.07) is 0. The quantitative estimate of drug-likeness (QED) is 0.452. The molecule has 0 N–H and O–H groups in total. The lowest BCUT2D eigenvalue weighted by Crippen LogP contribution is -2.37. The molecule has 0 unspecified atom stereocenters. The van der Waals surface area contributed by atoms with Crippen molar-refractivity contribution in [3.8, 4) is 0 Å². The van der Waals surface area contributed by atoms with Gasteiger partial charge < -0.3 is 9.47 Å². The minimum atomic E-state index is -1.55. The van der Waals surface area contributed by atoms with Crippen LogP contribution < -0.4 is 0 Å². The fourth-order valence-corrected chi connectivity index (χ4v) is 5.18. The van der Waals surface area contributed by atoms with E-state index >= 15 is 0 Å². The van der Waals surface area contributed by atoms with Gasteiger partial charge in [-0.3, -0.25) is 4.79 Å². The Balaban J connectivity index is 1.24. The number of hydrogen-bond donors (Lipinski definition) is 0. The van der Waals surface area contributed by atoms with Crippen molar-refractivity contribution >= 4 is 5.78 Å². The summed E-state index contributed by atoms with van der Waals surface area (Å²) in [5.41, 5.74) is 0. The van der Waals surface area contributed by atoms with E-state index in [0.29, 0.717) is 30.0 Å². The lowest BCUT2D eigenvalue weighted by molar-refractivity contribution is -0.212. The first-order chi connectivity index (χ1) is 13.6. The number of ketones is 1. The molecule has 0 radical (unpaired) electrons. The van der Waals surface area contributed by atoms with Gasteiger partial charge in [0.2, 0.25) is 0 Å². The van der Waals surface area contributed by atoms with E-state index in [4.69, 9.17) is 9.47 Å². The summed E-state index contributed by atoms with van der Waals surface area (Å²) < 4.78 is 36.4. The molecule has 28 heavy (non-hydrogen) atoms. The molecule has 0 aromatic rings. The average Bonchev–Trinajstić information content (AvgIpc) is 2.72. The Morgan fingerprint density at radius 1 is 0.857 bits per heavy atom. The monoisotopic (exact) mass is 398 g/mol. The molecule has 1 aliphatic heterocycles. The van der Waals surface area contributed by atoms with Crippen molar-refractivity contribution in [3.63, 3.8) is 0 Å². The van der Waals surface area contributed by atoms with Gasteiger partial charge in [0.25, 0.3) is 6.08 Å². The van der Waals surface area contributed by atoms with Crippen molar-refractivity contribution in [1.29, 1.82) is 0 Å². The number of Topliss-reactive ketones (excluding diaryl/α,β-unsaturated/α-hetero) is 1. The molecule has 0 spiro atoms. The van der Waals surface area contributed by atoms with Crippen molar-refractivity contribution in [3.05, 3.63) is 12.2 Å². The summed E-state index contributed by atoms with van der Waals surface area (Å²) in [6.07, 6.45) is 12.6. The summed E-state index contributed by atoms with van der Waals surface area (Å²) in [6.45, 7) is 1.56. The van der Waals surface area contributed by atoms with Gasteiger partial charge in [0.1, 0.15) is 5.78 Å². The Bertz CT molecular complexity index is 492. The zero-order valence-electron chi connectivity index (χ0n) is 17.1. The molecule has 3 nitrogen and oxygen atoms in total. The standard InChI is InChI=1S/C23H36F2O3/c24-22(25)14-9-18-5-10-19(11-6-18)20-15-27-23(28-16-20)4-2-1-3-17-7-12-21(26)13-8-17/h14,17-20,23H,1-13,15-16H2. The Morgan fingerprint density at radius 2 is 1.50 bits per heavy atom. The molecule has 160 valence electrons. The van der Waals surface area contributed by atoms with Crippen LogP contribution in [0.4, 0.5) is 8.78 Å². The second-order valence-corrected chi connectivity index (χ2v) is 9.13. The number of allylic oxidation sites excluding steroid dienone is 1. The summed E-state index contributed by atoms with van der Waals surface area (Å²) in [7, 11) is 0. The Hall–Kier alpha value is -0.810. The normalized spacial score (nSPS) is 32.3. The number of hydrogen-bond acceptors (Lipinski definition) is 3. The third-order valence-electron chi connectivity index (χ3n) is 7.12. The van der Waals surface area contributed by atoms with Crippen molar-refractivity contribution in [2.75, 3.05) is 13.2 Å². The highest BCUT2D eigenvalue weighted by atomic mass is 19.3. The van der Waals surface area contributed by atoms with Crippen LogP contribution >= 0.6 is 0 Å². The fourth-order valence-electron chi connectivity index (χ4n) is 5.18. The molecule has 0 aromatic carbocycles. The second-order valence-electron chi connectivity index (χ2n) is 9.13. The number of carbonyl (C=O) groups is 1. The summed E-state index contributed by atoms with van der Waals surface area (Å²) in [5.74, 6) is 2.67. The smallest absolute Gasteiger partial charge is 0.266 e. The molecule has 3 rings (SSSR count). The molecule has 1 saturated heterocycles. The van der Waals surface area contributed by atoms with Crippen LogP contribution in [-0.4, -0.2) is 25.3 Å². The number of ether oxygens (including phenoxy) is 2. The first kappa shape index (κ1) is 21.9. The Labute approximate surface area is 168 Å². The van der Waals surface area contributed by atoms with E-state index in [-0.39, 0.29) is 6.29 Å². The highest BCUT2D eigenvalue weighted by Gasteiger charge is 2.31. The van der Waals surface area contributed by atoms with E-state index in [2.05, 4.69) is 0 Å². The molecule has 5 heteroatoms. The minimum Gasteiger partial charge on any atom is -0.352 e. The number of unbranched alkanes of at least 4 members (excludes halogenated alkanes) is 1. The Kier molecular flexibility index (Phi) is 8.91. The first-order valence-corrected chi connectivity index (χ1v) is 11.4. The maximum atomic E-state index is 12.2. The SMILES string of the molecule is O=C1CCC(CCCCC2OCC(C3CCC(CC=C(F)F)CC3)CO2)CC1. The minimum absolute atomic E-state index is 0.0572. The highest BCUT2D eigenvalue weighted by Crippen LogP contribution is 2.37. The predicted molar refractivity (Wildman–Crippen MR) is 105 cm³/mol. The zero-order valence-corrected chi connectivity index (χ0v) is 17.1. The molecule has 2 aliphatic carbocycles. The van der Waals surface area contributed by atoms with Crippen LogP contribution in [0.5, 0.6) is 0 Å². The molecule has 1 heterocycles. The Morgan fingerprint density at radius 3 is 2.14 bits per heavy atom. The van der Waals surface area contributed by atoms with E-state index in [0.717, 1.165) is 89.4 Å². The largest absolute Gasteiger partial charge is 0.352 e. The molecule has 2 saturated carbocycles. The van der Waals surface area contributed by atoms with Crippen LogP contribution in [0.2, 0.25) is 0 Å². The van der Waals surface area contributed by atoms with E-state index in [1.165, 1.54) is 12.8 Å². The molecular formula is C23H36F2O3. The van der Waals surface area contributed by atoms with Crippen LogP contribution in [0.1, 0.15) is 83.5 Å². The first-order valence-electron chi connectivity index (χ1n) is 11.4. The maximum Gasteiger partial charge on any atom is 0.266 e. The van der Waals surface area contributed by atoms with Gasteiger partial charge in [-0.1, -0.05) is 12.8 Å². The lowest BCUT2D eigenvalue weighted by atomic mass is 9.75. The van der Waals surface area contributed by atoms with E-state index in [1.54, 1.807) is 0 Å². The maximum absolute atomic E-state index is 12.2. The second kappa shape index (κ2) is 11.4. The summed E-state index contributed by atoms with van der Waals surface area (Å²) in [5, 5.41) is 0. The van der Waals surface area contributed by atoms with Crippen LogP contribution in [0.15, 0.2) is 12.2 Å². The van der Waals surface area contributed by atoms with Gasteiger partial charge in [0, 0.05) is 18.8 Å². The van der Waals surface area contributed by atoms with Gasteiger partial charge in [-0.05, 0) is 81.6 Å². The molecule has 0 amide bonds. The molecule has 3 fully saturated rings. The highest BCUT2D eigenvalue weighted by molar-refractivity contribution is 5.78. The zero-order chi connectivity index (χ0) is 19.8. The van der Waals surface area contributed by atoms with Crippen molar-refractivity contribution in [2.24, 2.45) is 23.7 Å². The van der Waals surface area contributed by atoms with E-state index < -0.39 is 6.08 Å². The van der Waals surface area contributed by atoms with Crippen molar-refractivity contribution < 1.29 is 23.0 Å². The van der Waals surface area contributed by atoms with E-state index in [9.17, 15) is 13.6 Å². The topological polar surface area (TPSA) is 35.5 Å². The molecule has 0 atom stereocenters. The van der Waals surface area contributed by atoms with Crippen molar-refractivity contribution in [2.45, 2.75) is 89.8 Å². The van der Waals surface area contributed by atoms with Gasteiger partial charge in [-0.2, -0.15) is 8.78 Å². The van der Waals surface area contributed by atoms with Crippen LogP contribution in [-0.2, 0) is 14.3 Å². The fraction of sp³-hybridized carbons (Fsp3) is 0.870. The van der Waals surface area contributed by atoms with Gasteiger partial charge in [0.15, 0.2) is 6.29 Å². The predicted octanol–water partition coefficient (Wildman–Crippen LogP) is 6.27. The molecule has 3 aliphatic rings. The summed E-state index contributed by atoms with van der Waals surface area (Å²) in [4.78, 5) is 11.3. The number of halogens is 2. The van der Waals surface area contributed by atoms with Gasteiger partial charge in [0.05, 0.1) is 13.2 Å². The third-order valence-corrected chi connectivity index (χ3v) is 7.12. The van der Waals surface area contributed by atoms with Crippen LogP contribution in [0.25, 0.3) is 0 Å². The number of carbonyl (C=O) groups excluding carboxylic acids is 1. The van der Waals surface area contributed by atoms with Crippen LogP contribution in [0, 0.1) is 23.7 Å². The van der Waals surface area contributed by atoms with Crippen LogP contribution in [0.3, 0.4) is 0 Å². The molecular weight excluding hydrogens is 362 g/mol. The van der Waals surface area contributed by atoms with Gasteiger partial charge in [-0.15, -0.1) is 0 Å². The summed E-state index contributed by atoms with van der Waals surface area (Å²) >= 11 is 0. The van der Waals surface area contributed by atoms with Crippen molar-refractivity contribution in [1.82, 2.24) is 0 Å². The van der Waals surface area contributed by atoms with Gasteiger partial charge >= 0.3 is 0 Å². The lowest BCUT2D eigenvalue weighted by Gasteiger charge is -2.37. The van der Waals surface area contributed by atoms with Gasteiger partial charge in [-0.25, -0.2) is 0 Å². The molecule has 0 bridgehead atoms. The molecule has 0 aromatic heterocycles. The average molecular weight is 399 g/mol.